The first-order valence-corrected chi connectivity index (χ1v) is 31.3. The number of aromatic nitrogens is 2. The average Bonchev–Trinajstić information content (AvgIpc) is 2.33. The minimum absolute atomic E-state index is 1.12. The molecule has 0 bridgehead atoms. The standard InChI is InChI=1S/C78H56N2S2/c1-7-27-57(28-8-1)59-31-23-42-67(53-59)81(63-34-11-3-12-35-63,64-36-13-4-14-37-64)69-44-25-33-61(55-69)79-73-47-21-19-45-70(73)72-56-62(51-52-75(72)79)80-74-48-22-20-46-71(74)78-76(80)49-26-50-77(78)82(65-38-15-5-16-39-65,66-40-17-6-18-41-66)68-43-24-32-60(54-68)58-29-9-2-10-30-58/h1-56H. The normalized spacial score (nSPS) is 12.3. The number of hydrogen-bond donors (Lipinski definition) is 0. The van der Waals surface area contributed by atoms with Gasteiger partial charge in [0.2, 0.25) is 0 Å². The summed E-state index contributed by atoms with van der Waals surface area (Å²) in [5, 5.41) is 4.91. The summed E-state index contributed by atoms with van der Waals surface area (Å²) in [6.07, 6.45) is 0. The number of hydrogen-bond acceptors (Lipinski definition) is 0. The van der Waals surface area contributed by atoms with Crippen LogP contribution >= 0.6 is 20.1 Å². The van der Waals surface area contributed by atoms with Crippen molar-refractivity contribution in [2.45, 2.75) is 39.2 Å². The van der Waals surface area contributed by atoms with Crippen molar-refractivity contribution in [1.29, 1.82) is 0 Å². The first-order valence-electron chi connectivity index (χ1n) is 28.0. The molecule has 0 radical (unpaired) electrons. The number of para-hydroxylation sites is 2. The van der Waals surface area contributed by atoms with Gasteiger partial charge in [0.1, 0.15) is 0 Å². The summed E-state index contributed by atoms with van der Waals surface area (Å²) < 4.78 is 5.01. The second-order valence-electron chi connectivity index (χ2n) is 20.8. The second-order valence-corrected chi connectivity index (χ2v) is 27.0. The molecule has 0 atom stereocenters. The third kappa shape index (κ3) is 7.97. The van der Waals surface area contributed by atoms with Gasteiger partial charge in [-0.3, -0.25) is 0 Å². The third-order valence-electron chi connectivity index (χ3n) is 16.3. The van der Waals surface area contributed by atoms with Crippen LogP contribution in [0.3, 0.4) is 0 Å². The van der Waals surface area contributed by atoms with Gasteiger partial charge >= 0.3 is 0 Å². The van der Waals surface area contributed by atoms with E-state index in [2.05, 4.69) is 349 Å². The quantitative estimate of drug-likeness (QED) is 0.115. The highest BCUT2D eigenvalue weighted by molar-refractivity contribution is 8.34. The SMILES string of the molecule is c1ccc(-c2cccc(S(c3ccccc3)(c3ccccc3)c3cccc(-n4c5ccccc5c5cc(-n6c7ccccc7c7c(S(c8ccccc8)(c8ccccc8)c8cccc(-c9ccccc9)c8)cccc76)ccc54)c3)c2)cc1. The smallest absolute Gasteiger partial charge is 0.0552 e. The van der Waals surface area contributed by atoms with Crippen LogP contribution in [0, 0.1) is 0 Å². The molecule has 0 aliphatic heterocycles. The highest BCUT2D eigenvalue weighted by atomic mass is 32.3. The maximum Gasteiger partial charge on any atom is 0.0552 e. The lowest BCUT2D eigenvalue weighted by Crippen LogP contribution is -2.06. The molecule has 15 aromatic rings. The van der Waals surface area contributed by atoms with Crippen LogP contribution < -0.4 is 0 Å². The van der Waals surface area contributed by atoms with Crippen LogP contribution in [0.15, 0.2) is 379 Å². The zero-order valence-electron chi connectivity index (χ0n) is 45.0. The fourth-order valence-corrected chi connectivity index (χ4v) is 20.8. The summed E-state index contributed by atoms with van der Waals surface area (Å²) in [6, 6.07) is 127. The Morgan fingerprint density at radius 1 is 0.195 bits per heavy atom. The van der Waals surface area contributed by atoms with E-state index < -0.39 is 20.1 Å². The molecule has 4 heteroatoms. The minimum Gasteiger partial charge on any atom is -0.309 e. The van der Waals surface area contributed by atoms with Crippen LogP contribution in [0.5, 0.6) is 0 Å². The van der Waals surface area contributed by atoms with Gasteiger partial charge in [0.15, 0.2) is 0 Å². The summed E-state index contributed by atoms with van der Waals surface area (Å²) in [5.41, 5.74) is 11.7. The average molecular weight is 1090 g/mol. The van der Waals surface area contributed by atoms with Crippen molar-refractivity contribution in [2.75, 3.05) is 0 Å². The van der Waals surface area contributed by atoms with Gasteiger partial charge in [-0.25, -0.2) is 0 Å². The fraction of sp³-hybridized carbons (Fsp3) is 0. The summed E-state index contributed by atoms with van der Waals surface area (Å²) in [7, 11) is -4.15. The molecule has 0 saturated carbocycles. The molecular formula is C78H56N2S2. The van der Waals surface area contributed by atoms with Crippen molar-refractivity contribution >= 4 is 63.7 Å². The van der Waals surface area contributed by atoms with E-state index in [0.717, 1.165) is 16.9 Å². The van der Waals surface area contributed by atoms with Crippen molar-refractivity contribution in [3.05, 3.63) is 340 Å². The lowest BCUT2D eigenvalue weighted by molar-refractivity contribution is 1.14. The van der Waals surface area contributed by atoms with Crippen LogP contribution in [0.2, 0.25) is 0 Å². The van der Waals surface area contributed by atoms with Gasteiger partial charge in [-0.2, -0.15) is 0 Å². The molecule has 15 rings (SSSR count). The molecule has 82 heavy (non-hydrogen) atoms. The van der Waals surface area contributed by atoms with Crippen molar-refractivity contribution in [3.8, 4) is 33.6 Å². The monoisotopic (exact) mass is 1080 g/mol. The highest BCUT2D eigenvalue weighted by Gasteiger charge is 2.37. The molecule has 0 unspecified atom stereocenters. The molecule has 0 aliphatic carbocycles. The fourth-order valence-electron chi connectivity index (χ4n) is 12.8. The Morgan fingerprint density at radius 3 is 1.10 bits per heavy atom. The maximum atomic E-state index is 2.52. The summed E-state index contributed by atoms with van der Waals surface area (Å²) in [5.74, 6) is 0. The van der Waals surface area contributed by atoms with Gasteiger partial charge in [-0.1, -0.05) is 206 Å². The van der Waals surface area contributed by atoms with E-state index in [9.17, 15) is 0 Å². The van der Waals surface area contributed by atoms with Crippen LogP contribution in [0.4, 0.5) is 0 Å². The largest absolute Gasteiger partial charge is 0.309 e. The van der Waals surface area contributed by atoms with Gasteiger partial charge in [-0.15, -0.1) is 20.1 Å². The van der Waals surface area contributed by atoms with Gasteiger partial charge in [-0.05, 0) is 156 Å². The zero-order valence-corrected chi connectivity index (χ0v) is 46.7. The molecule has 0 fully saturated rings. The number of benzene rings is 13. The Hall–Kier alpha value is -9.84. The molecule has 390 valence electrons. The van der Waals surface area contributed by atoms with Crippen molar-refractivity contribution in [3.63, 3.8) is 0 Å². The Morgan fingerprint density at radius 2 is 0.549 bits per heavy atom. The Balaban J connectivity index is 0.949. The van der Waals surface area contributed by atoms with Crippen molar-refractivity contribution < 1.29 is 0 Å². The molecule has 13 aromatic carbocycles. The molecule has 2 heterocycles. The van der Waals surface area contributed by atoms with E-state index in [4.69, 9.17) is 0 Å². The molecule has 0 spiro atoms. The van der Waals surface area contributed by atoms with Gasteiger partial charge < -0.3 is 9.13 Å². The van der Waals surface area contributed by atoms with E-state index in [1.807, 2.05) is 0 Å². The Labute approximate surface area is 482 Å². The number of nitrogens with zero attached hydrogens (tertiary/aromatic N) is 2. The lowest BCUT2D eigenvalue weighted by Gasteiger charge is -2.42. The van der Waals surface area contributed by atoms with Crippen molar-refractivity contribution in [2.24, 2.45) is 0 Å². The second kappa shape index (κ2) is 20.7. The number of rotatable bonds is 12. The van der Waals surface area contributed by atoms with Crippen LogP contribution in [0.1, 0.15) is 0 Å². The number of fused-ring (bicyclic) bond motifs is 6. The van der Waals surface area contributed by atoms with Crippen LogP contribution in [-0.2, 0) is 0 Å². The van der Waals surface area contributed by atoms with E-state index in [1.165, 1.54) is 99.5 Å². The van der Waals surface area contributed by atoms with E-state index in [0.29, 0.717) is 0 Å². The lowest BCUT2D eigenvalue weighted by atomic mass is 10.1. The van der Waals surface area contributed by atoms with Gasteiger partial charge in [0.05, 0.1) is 22.1 Å². The Bertz CT molecular complexity index is 4700. The van der Waals surface area contributed by atoms with Crippen LogP contribution in [0.25, 0.3) is 77.2 Å². The minimum atomic E-state index is -2.12. The molecule has 2 aromatic heterocycles. The predicted octanol–water partition coefficient (Wildman–Crippen LogP) is 21.9. The molecular weight excluding hydrogens is 1030 g/mol. The molecule has 0 aliphatic rings. The molecule has 0 amide bonds. The van der Waals surface area contributed by atoms with E-state index in [-0.39, 0.29) is 0 Å². The summed E-state index contributed by atoms with van der Waals surface area (Å²) in [4.78, 5) is 10.3. The Kier molecular flexibility index (Phi) is 12.4. The topological polar surface area (TPSA) is 9.86 Å². The predicted molar refractivity (Wildman–Crippen MR) is 346 cm³/mol. The van der Waals surface area contributed by atoms with E-state index >= 15 is 0 Å². The van der Waals surface area contributed by atoms with Gasteiger partial charge in [0, 0.05) is 72.1 Å². The van der Waals surface area contributed by atoms with Gasteiger partial charge in [0.25, 0.3) is 0 Å². The van der Waals surface area contributed by atoms with Crippen molar-refractivity contribution in [1.82, 2.24) is 9.13 Å². The highest BCUT2D eigenvalue weighted by Crippen LogP contribution is 2.76. The summed E-state index contributed by atoms with van der Waals surface area (Å²) in [6.45, 7) is 0. The third-order valence-corrected chi connectivity index (χ3v) is 24.1. The summed E-state index contributed by atoms with van der Waals surface area (Å²) >= 11 is 0. The molecule has 0 N–H and O–H groups in total. The first-order chi connectivity index (χ1) is 40.7. The first kappa shape index (κ1) is 49.2. The molecule has 2 nitrogen and oxygen atoms in total. The molecule has 0 saturated heterocycles. The van der Waals surface area contributed by atoms with Crippen LogP contribution in [-0.4, -0.2) is 9.13 Å². The van der Waals surface area contributed by atoms with E-state index in [1.54, 1.807) is 0 Å². The zero-order chi connectivity index (χ0) is 54.5. The maximum absolute atomic E-state index is 2.52.